The van der Waals surface area contributed by atoms with Crippen molar-refractivity contribution in [3.05, 3.63) is 34.3 Å². The molecule has 0 radical (unpaired) electrons. The highest BCUT2D eigenvalue weighted by atomic mass is 79.9. The molecule has 18 heavy (non-hydrogen) atoms. The van der Waals surface area contributed by atoms with E-state index in [4.69, 9.17) is 0 Å². The van der Waals surface area contributed by atoms with Gasteiger partial charge in [-0.2, -0.15) is 12.6 Å². The molecule has 1 aromatic carbocycles. The van der Waals surface area contributed by atoms with Gasteiger partial charge in [-0.15, -0.1) is 0 Å². The Morgan fingerprint density at radius 1 is 1.50 bits per heavy atom. The number of benzene rings is 1. The molecule has 2 rings (SSSR count). The Balaban J connectivity index is 2.38. The zero-order valence-corrected chi connectivity index (χ0v) is 11.9. The maximum atomic E-state index is 11.8. The van der Waals surface area contributed by atoms with E-state index in [9.17, 15) is 14.7 Å². The molecular formula is C12H12BrNO3S. The molecule has 1 aliphatic heterocycles. The first-order valence-corrected chi connectivity index (χ1v) is 6.76. The molecule has 0 aromatic heterocycles. The molecule has 1 N–H and O–H groups in total. The summed E-state index contributed by atoms with van der Waals surface area (Å²) in [6.45, 7) is 0.361. The summed E-state index contributed by atoms with van der Waals surface area (Å²) in [4.78, 5) is 24.6. The van der Waals surface area contributed by atoms with Crippen LogP contribution in [0.1, 0.15) is 18.0 Å². The van der Waals surface area contributed by atoms with E-state index in [0.29, 0.717) is 16.6 Å². The van der Waals surface area contributed by atoms with E-state index in [-0.39, 0.29) is 17.6 Å². The molecule has 2 atom stereocenters. The summed E-state index contributed by atoms with van der Waals surface area (Å²) in [6.07, 6.45) is 0.289. The zero-order chi connectivity index (χ0) is 13.3. The van der Waals surface area contributed by atoms with Gasteiger partial charge in [0.15, 0.2) is 6.04 Å². The van der Waals surface area contributed by atoms with Crippen LogP contribution in [0.4, 0.5) is 0 Å². The van der Waals surface area contributed by atoms with E-state index in [1.54, 1.807) is 24.3 Å². The van der Waals surface area contributed by atoms with Gasteiger partial charge in [-0.1, -0.05) is 34.1 Å². The average Bonchev–Trinajstić information content (AvgIpc) is 2.61. The van der Waals surface area contributed by atoms with Crippen LogP contribution >= 0.6 is 28.6 Å². The van der Waals surface area contributed by atoms with E-state index in [1.165, 1.54) is 4.90 Å². The minimum absolute atomic E-state index is 0.0955. The molecule has 1 saturated heterocycles. The van der Waals surface area contributed by atoms with Gasteiger partial charge in [0.2, 0.25) is 5.91 Å². The van der Waals surface area contributed by atoms with E-state index in [0.717, 1.165) is 0 Å². The van der Waals surface area contributed by atoms with Gasteiger partial charge in [0, 0.05) is 28.3 Å². The average molecular weight is 330 g/mol. The molecule has 0 saturated carbocycles. The molecule has 6 heteroatoms. The van der Waals surface area contributed by atoms with Crippen LogP contribution in [0.3, 0.4) is 0 Å². The third-order valence-corrected chi connectivity index (χ3v) is 3.95. The molecule has 1 aliphatic rings. The number of halogens is 1. The molecule has 1 fully saturated rings. The van der Waals surface area contributed by atoms with E-state index in [1.807, 2.05) is 0 Å². The smallest absolute Gasteiger partial charge is 0.331 e. The summed E-state index contributed by atoms with van der Waals surface area (Å²) in [6, 6.07) is 6.09. The molecule has 4 nitrogen and oxygen atoms in total. The lowest BCUT2D eigenvalue weighted by atomic mass is 10.1. The van der Waals surface area contributed by atoms with Gasteiger partial charge in [0.05, 0.1) is 0 Å². The number of thiol groups is 1. The minimum Gasteiger partial charge on any atom is -0.479 e. The number of carbonyl (C=O) groups excluding carboxylic acids is 1. The molecule has 1 aromatic rings. The summed E-state index contributed by atoms with van der Waals surface area (Å²) >= 11 is 7.57. The maximum absolute atomic E-state index is 11.8. The molecule has 0 spiro atoms. The molecule has 1 amide bonds. The summed E-state index contributed by atoms with van der Waals surface area (Å²) in [5.74, 6) is -1.20. The molecule has 96 valence electrons. The second-order valence-corrected chi connectivity index (χ2v) is 5.75. The number of carboxylic acid groups (broad SMARTS) is 1. The number of rotatable bonds is 3. The minimum atomic E-state index is -1.03. The largest absolute Gasteiger partial charge is 0.479 e. The quantitative estimate of drug-likeness (QED) is 0.835. The van der Waals surface area contributed by atoms with Crippen LogP contribution in [-0.4, -0.2) is 33.7 Å². The lowest BCUT2D eigenvalue weighted by molar-refractivity contribution is -0.148. The second-order valence-electron chi connectivity index (χ2n) is 4.17. The lowest BCUT2D eigenvalue weighted by Crippen LogP contribution is -2.35. The normalized spacial score (nSPS) is 21.1. The Bertz CT molecular complexity index is 494. The first-order valence-electron chi connectivity index (χ1n) is 5.45. The zero-order valence-electron chi connectivity index (χ0n) is 9.41. The van der Waals surface area contributed by atoms with Crippen molar-refractivity contribution in [2.45, 2.75) is 17.7 Å². The molecule has 2 unspecified atom stereocenters. The summed E-state index contributed by atoms with van der Waals surface area (Å²) in [7, 11) is 0. The van der Waals surface area contributed by atoms with Crippen LogP contribution in [0.2, 0.25) is 0 Å². The van der Waals surface area contributed by atoms with Gasteiger partial charge in [-0.3, -0.25) is 4.79 Å². The van der Waals surface area contributed by atoms with Crippen LogP contribution < -0.4 is 0 Å². The van der Waals surface area contributed by atoms with Crippen molar-refractivity contribution in [2.24, 2.45) is 0 Å². The third kappa shape index (κ3) is 2.54. The number of likely N-dealkylation sites (tertiary alicyclic amines) is 1. The summed E-state index contributed by atoms with van der Waals surface area (Å²) in [5.41, 5.74) is 0.584. The standard InChI is InChI=1S/C12H12BrNO3S/c13-9-4-2-1-3-8(9)11(12(16)17)14-6-7(18)5-10(14)15/h1-4,7,11,18H,5-6H2,(H,16,17). The van der Waals surface area contributed by atoms with E-state index in [2.05, 4.69) is 28.6 Å². The Morgan fingerprint density at radius 2 is 2.17 bits per heavy atom. The van der Waals surface area contributed by atoms with Gasteiger partial charge in [0.1, 0.15) is 0 Å². The number of hydrogen-bond acceptors (Lipinski definition) is 3. The van der Waals surface area contributed by atoms with Crippen LogP contribution in [-0.2, 0) is 9.59 Å². The first-order chi connectivity index (χ1) is 8.50. The van der Waals surface area contributed by atoms with Crippen LogP contribution in [0.5, 0.6) is 0 Å². The van der Waals surface area contributed by atoms with Gasteiger partial charge < -0.3 is 10.0 Å². The Morgan fingerprint density at radius 3 is 2.67 bits per heavy atom. The van der Waals surface area contributed by atoms with Gasteiger partial charge in [-0.05, 0) is 6.07 Å². The van der Waals surface area contributed by atoms with E-state index < -0.39 is 12.0 Å². The van der Waals surface area contributed by atoms with Crippen molar-refractivity contribution >= 4 is 40.4 Å². The van der Waals surface area contributed by atoms with Gasteiger partial charge >= 0.3 is 5.97 Å². The van der Waals surface area contributed by atoms with Gasteiger partial charge in [0.25, 0.3) is 0 Å². The number of amides is 1. The highest BCUT2D eigenvalue weighted by Gasteiger charge is 2.38. The van der Waals surface area contributed by atoms with Crippen LogP contribution in [0.15, 0.2) is 28.7 Å². The number of carboxylic acids is 1. The first kappa shape index (κ1) is 13.4. The molecular weight excluding hydrogens is 318 g/mol. The molecule has 0 bridgehead atoms. The highest BCUT2D eigenvalue weighted by Crippen LogP contribution is 2.32. The predicted molar refractivity (Wildman–Crippen MR) is 73.6 cm³/mol. The Kier molecular flexibility index (Phi) is 3.97. The van der Waals surface area contributed by atoms with Crippen molar-refractivity contribution in [1.29, 1.82) is 0 Å². The SMILES string of the molecule is O=C(O)C(c1ccccc1Br)N1CC(S)CC1=O. The number of carbonyl (C=O) groups is 2. The number of aliphatic carboxylic acids is 1. The third-order valence-electron chi connectivity index (χ3n) is 2.88. The van der Waals surface area contributed by atoms with Crippen molar-refractivity contribution < 1.29 is 14.7 Å². The highest BCUT2D eigenvalue weighted by molar-refractivity contribution is 9.10. The molecule has 1 heterocycles. The predicted octanol–water partition coefficient (Wildman–Crippen LogP) is 2.11. The maximum Gasteiger partial charge on any atom is 0.331 e. The topological polar surface area (TPSA) is 57.6 Å². The number of hydrogen-bond donors (Lipinski definition) is 2. The Labute approximate surface area is 119 Å². The summed E-state index contributed by atoms with van der Waals surface area (Å²) < 4.78 is 0.688. The van der Waals surface area contributed by atoms with Crippen molar-refractivity contribution in [2.75, 3.05) is 6.54 Å². The van der Waals surface area contributed by atoms with Crippen LogP contribution in [0.25, 0.3) is 0 Å². The fraction of sp³-hybridized carbons (Fsp3) is 0.333. The fourth-order valence-corrected chi connectivity index (χ4v) is 2.93. The Hall–Kier alpha value is -1.01. The number of nitrogens with zero attached hydrogens (tertiary/aromatic N) is 1. The van der Waals surface area contributed by atoms with Crippen LogP contribution in [0, 0.1) is 0 Å². The van der Waals surface area contributed by atoms with Gasteiger partial charge in [-0.25, -0.2) is 4.79 Å². The van der Waals surface area contributed by atoms with E-state index >= 15 is 0 Å². The molecule has 0 aliphatic carbocycles. The van der Waals surface area contributed by atoms with Crippen molar-refractivity contribution in [3.8, 4) is 0 Å². The van der Waals surface area contributed by atoms with Crippen molar-refractivity contribution in [3.63, 3.8) is 0 Å². The fourth-order valence-electron chi connectivity index (χ4n) is 2.09. The summed E-state index contributed by atoms with van der Waals surface area (Å²) in [5, 5.41) is 9.28. The van der Waals surface area contributed by atoms with Crippen molar-refractivity contribution in [1.82, 2.24) is 4.90 Å². The second kappa shape index (κ2) is 5.32. The monoisotopic (exact) mass is 329 g/mol. The lowest BCUT2D eigenvalue weighted by Gasteiger charge is -2.25.